The summed E-state index contributed by atoms with van der Waals surface area (Å²) >= 11 is 0. The maximum Gasteiger partial charge on any atom is 0.573 e. The lowest BCUT2D eigenvalue weighted by Gasteiger charge is -2.12. The van der Waals surface area contributed by atoms with Gasteiger partial charge in [0.2, 0.25) is 0 Å². The Balaban J connectivity index is 2.56. The van der Waals surface area contributed by atoms with Crippen molar-refractivity contribution in [3.05, 3.63) is 23.8 Å². The molecule has 1 rings (SSSR count). The monoisotopic (exact) mass is 306 g/mol. The van der Waals surface area contributed by atoms with Gasteiger partial charge in [-0.2, -0.15) is 0 Å². The number of carbonyl (C=O) groups excluding carboxylic acids is 1. The van der Waals surface area contributed by atoms with Gasteiger partial charge in [0.05, 0.1) is 5.69 Å². The zero-order valence-electron chi connectivity index (χ0n) is 11.5. The number of anilines is 1. The van der Waals surface area contributed by atoms with Gasteiger partial charge in [-0.25, -0.2) is 0 Å². The van der Waals surface area contributed by atoms with Crippen molar-refractivity contribution >= 4 is 11.6 Å². The molecule has 0 aliphatic heterocycles. The Hall–Kier alpha value is -1.96. The number of hydrogen-bond donors (Lipinski definition) is 2. The van der Waals surface area contributed by atoms with E-state index in [0.717, 1.165) is 25.0 Å². The van der Waals surface area contributed by atoms with Crippen LogP contribution in [0.1, 0.15) is 23.2 Å². The van der Waals surface area contributed by atoms with Crippen LogP contribution in [0.5, 0.6) is 5.75 Å². The maximum absolute atomic E-state index is 12.1. The highest BCUT2D eigenvalue weighted by molar-refractivity contribution is 5.95. The van der Waals surface area contributed by atoms with Gasteiger partial charge < -0.3 is 20.5 Å². The molecule has 0 radical (unpaired) electrons. The van der Waals surface area contributed by atoms with Crippen molar-refractivity contribution in [2.75, 3.05) is 26.0 Å². The number of nitrogens with two attached hydrogens (primary N) is 1. The summed E-state index contributed by atoms with van der Waals surface area (Å²) in [4.78, 5) is 11.8. The molecule has 1 amide bonds. The number of halogens is 3. The Morgan fingerprint density at radius 1 is 1.33 bits per heavy atom. The number of carbonyl (C=O) groups is 1. The summed E-state index contributed by atoms with van der Waals surface area (Å²) in [5.41, 5.74) is 5.36. The molecule has 118 valence electrons. The summed E-state index contributed by atoms with van der Waals surface area (Å²) in [5, 5.41) is 2.64. The number of nitrogens with one attached hydrogen (secondary N) is 1. The summed E-state index contributed by atoms with van der Waals surface area (Å²) < 4.78 is 44.8. The topological polar surface area (TPSA) is 73.6 Å². The Kier molecular flexibility index (Phi) is 6.29. The average molecular weight is 306 g/mol. The summed E-state index contributed by atoms with van der Waals surface area (Å²) in [6.07, 6.45) is -3.28. The van der Waals surface area contributed by atoms with Crippen LogP contribution in [0.3, 0.4) is 0 Å². The molecule has 0 atom stereocenters. The molecule has 1 aromatic rings. The molecule has 8 heteroatoms. The number of amides is 1. The first-order valence-electron chi connectivity index (χ1n) is 6.26. The van der Waals surface area contributed by atoms with Crippen LogP contribution in [0, 0.1) is 0 Å². The molecule has 0 aliphatic rings. The van der Waals surface area contributed by atoms with Crippen molar-refractivity contribution in [1.82, 2.24) is 5.32 Å². The molecule has 21 heavy (non-hydrogen) atoms. The molecule has 0 saturated heterocycles. The molecule has 0 heterocycles. The van der Waals surface area contributed by atoms with Crippen LogP contribution >= 0.6 is 0 Å². The Morgan fingerprint density at radius 3 is 2.62 bits per heavy atom. The molecule has 5 nitrogen and oxygen atoms in total. The van der Waals surface area contributed by atoms with Gasteiger partial charge in [0.25, 0.3) is 5.91 Å². The van der Waals surface area contributed by atoms with E-state index in [9.17, 15) is 18.0 Å². The Morgan fingerprint density at radius 2 is 2.05 bits per heavy atom. The lowest BCUT2D eigenvalue weighted by Crippen LogP contribution is -2.25. The fourth-order valence-electron chi connectivity index (χ4n) is 1.58. The predicted molar refractivity (Wildman–Crippen MR) is 71.0 cm³/mol. The number of benzene rings is 1. The molecular weight excluding hydrogens is 289 g/mol. The van der Waals surface area contributed by atoms with Crippen molar-refractivity contribution in [3.8, 4) is 5.75 Å². The molecule has 0 aromatic heterocycles. The third-order valence-electron chi connectivity index (χ3n) is 2.56. The first-order valence-corrected chi connectivity index (χ1v) is 6.26. The van der Waals surface area contributed by atoms with Crippen molar-refractivity contribution in [1.29, 1.82) is 0 Å². The summed E-state index contributed by atoms with van der Waals surface area (Å²) in [6.45, 7) is 1.05. The van der Waals surface area contributed by atoms with Gasteiger partial charge in [0, 0.05) is 25.8 Å². The number of ether oxygens (including phenoxy) is 2. The van der Waals surface area contributed by atoms with Crippen LogP contribution in [-0.2, 0) is 4.74 Å². The summed E-state index contributed by atoms with van der Waals surface area (Å²) in [6, 6.07) is 3.39. The standard InChI is InChI=1S/C13H17F3N2O3/c1-20-7-3-2-6-18-12(19)9-4-5-11(10(17)8-9)21-13(14,15)16/h4-5,8H,2-3,6-7,17H2,1H3,(H,18,19). The molecule has 3 N–H and O–H groups in total. The van der Waals surface area contributed by atoms with E-state index in [2.05, 4.69) is 10.1 Å². The minimum Gasteiger partial charge on any atom is -0.404 e. The van der Waals surface area contributed by atoms with E-state index in [4.69, 9.17) is 10.5 Å². The van der Waals surface area contributed by atoms with Gasteiger partial charge in [0.15, 0.2) is 5.75 Å². The van der Waals surface area contributed by atoms with Gasteiger partial charge in [-0.3, -0.25) is 4.79 Å². The van der Waals surface area contributed by atoms with E-state index in [1.165, 1.54) is 6.07 Å². The van der Waals surface area contributed by atoms with Gasteiger partial charge in [-0.05, 0) is 31.0 Å². The molecule has 0 spiro atoms. The first-order chi connectivity index (χ1) is 9.83. The number of methoxy groups -OCH3 is 1. The smallest absolute Gasteiger partial charge is 0.404 e. The van der Waals surface area contributed by atoms with E-state index in [1.54, 1.807) is 7.11 Å². The molecule has 0 bridgehead atoms. The number of rotatable bonds is 7. The molecule has 0 aliphatic carbocycles. The largest absolute Gasteiger partial charge is 0.573 e. The molecule has 0 unspecified atom stereocenters. The third-order valence-corrected chi connectivity index (χ3v) is 2.56. The van der Waals surface area contributed by atoms with E-state index >= 15 is 0 Å². The second-order valence-corrected chi connectivity index (χ2v) is 4.26. The number of hydrogen-bond acceptors (Lipinski definition) is 4. The first kappa shape index (κ1) is 17.1. The Bertz CT molecular complexity index is 478. The van der Waals surface area contributed by atoms with Crippen LogP contribution in [-0.4, -0.2) is 32.5 Å². The van der Waals surface area contributed by atoms with E-state index in [0.29, 0.717) is 13.2 Å². The number of unbranched alkanes of at least 4 members (excludes halogenated alkanes) is 1. The molecule has 0 saturated carbocycles. The van der Waals surface area contributed by atoms with E-state index in [-0.39, 0.29) is 11.3 Å². The van der Waals surface area contributed by atoms with Crippen molar-refractivity contribution in [3.63, 3.8) is 0 Å². The molecule has 1 aromatic carbocycles. The lowest BCUT2D eigenvalue weighted by molar-refractivity contribution is -0.274. The normalized spacial score (nSPS) is 11.2. The maximum atomic E-state index is 12.1. The van der Waals surface area contributed by atoms with Gasteiger partial charge in [-0.1, -0.05) is 0 Å². The molecular formula is C13H17F3N2O3. The van der Waals surface area contributed by atoms with Gasteiger partial charge in [0.1, 0.15) is 0 Å². The lowest BCUT2D eigenvalue weighted by atomic mass is 10.1. The second-order valence-electron chi connectivity index (χ2n) is 4.26. The van der Waals surface area contributed by atoms with Crippen molar-refractivity contribution in [2.45, 2.75) is 19.2 Å². The number of alkyl halides is 3. The van der Waals surface area contributed by atoms with E-state index in [1.807, 2.05) is 0 Å². The highest BCUT2D eigenvalue weighted by atomic mass is 19.4. The molecule has 0 fully saturated rings. The van der Waals surface area contributed by atoms with Crippen LogP contribution in [0.15, 0.2) is 18.2 Å². The Labute approximate surface area is 120 Å². The SMILES string of the molecule is COCCCCNC(=O)c1ccc(OC(F)(F)F)c(N)c1. The van der Waals surface area contributed by atoms with Crippen LogP contribution in [0.4, 0.5) is 18.9 Å². The zero-order valence-corrected chi connectivity index (χ0v) is 11.5. The van der Waals surface area contributed by atoms with Crippen LogP contribution in [0.25, 0.3) is 0 Å². The van der Waals surface area contributed by atoms with Crippen molar-refractivity contribution < 1.29 is 27.4 Å². The summed E-state index contributed by atoms with van der Waals surface area (Å²) in [7, 11) is 1.59. The van der Waals surface area contributed by atoms with Crippen molar-refractivity contribution in [2.24, 2.45) is 0 Å². The van der Waals surface area contributed by atoms with Crippen LogP contribution in [0.2, 0.25) is 0 Å². The third kappa shape index (κ3) is 6.35. The zero-order chi connectivity index (χ0) is 15.9. The summed E-state index contributed by atoms with van der Waals surface area (Å²) in [5.74, 6) is -0.933. The predicted octanol–water partition coefficient (Wildman–Crippen LogP) is 2.32. The van der Waals surface area contributed by atoms with Gasteiger partial charge >= 0.3 is 6.36 Å². The minimum absolute atomic E-state index is 0.175. The average Bonchev–Trinajstić information content (AvgIpc) is 2.39. The second kappa shape index (κ2) is 7.72. The van der Waals surface area contributed by atoms with Gasteiger partial charge in [-0.15, -0.1) is 13.2 Å². The highest BCUT2D eigenvalue weighted by Gasteiger charge is 2.32. The number of nitrogen functional groups attached to an aromatic ring is 1. The highest BCUT2D eigenvalue weighted by Crippen LogP contribution is 2.28. The minimum atomic E-state index is -4.82. The fourth-order valence-corrected chi connectivity index (χ4v) is 1.58. The van der Waals surface area contributed by atoms with E-state index < -0.39 is 18.0 Å². The quantitative estimate of drug-likeness (QED) is 0.599. The fraction of sp³-hybridized carbons (Fsp3) is 0.462. The van der Waals surface area contributed by atoms with Crippen LogP contribution < -0.4 is 15.8 Å².